The van der Waals surface area contributed by atoms with Crippen LogP contribution in [0.4, 0.5) is 8.78 Å². The Morgan fingerprint density at radius 1 is 1.11 bits per heavy atom. The van der Waals surface area contributed by atoms with Gasteiger partial charge in [-0.2, -0.15) is 4.39 Å². The number of fused-ring (bicyclic) bond motifs is 5. The standard InChI is InChI=1S/C26H23F2N3O5/c1-35-14-17-8-5-13-36-25-18(9-10-19(27)21(25)28)22(16-6-3-2-4-7-16)31-15-29(17)26(34)23-24(33)20(32)11-12-30(23)31/h2-12,17,22,33H,13-15H2,1H3/b8-5-/t17-,22+/m1/s1. The first-order valence-corrected chi connectivity index (χ1v) is 11.3. The molecule has 2 aromatic carbocycles. The molecule has 0 saturated heterocycles. The zero-order chi connectivity index (χ0) is 25.4. The zero-order valence-corrected chi connectivity index (χ0v) is 19.3. The van der Waals surface area contributed by atoms with E-state index < -0.39 is 40.8 Å². The van der Waals surface area contributed by atoms with Gasteiger partial charge < -0.3 is 19.5 Å². The van der Waals surface area contributed by atoms with Gasteiger partial charge in [-0.3, -0.25) is 19.3 Å². The van der Waals surface area contributed by atoms with Crippen molar-refractivity contribution in [2.24, 2.45) is 0 Å². The van der Waals surface area contributed by atoms with Gasteiger partial charge in [0.1, 0.15) is 19.3 Å². The second-order valence-corrected chi connectivity index (χ2v) is 8.43. The number of hydrogen-bond acceptors (Lipinski definition) is 6. The molecule has 0 spiro atoms. The molecule has 2 aliphatic heterocycles. The fourth-order valence-corrected chi connectivity index (χ4v) is 4.64. The molecule has 2 atom stereocenters. The third kappa shape index (κ3) is 3.89. The van der Waals surface area contributed by atoms with E-state index in [-0.39, 0.29) is 31.3 Å². The Morgan fingerprint density at radius 2 is 1.89 bits per heavy atom. The van der Waals surface area contributed by atoms with E-state index in [0.29, 0.717) is 11.1 Å². The van der Waals surface area contributed by atoms with Crippen LogP contribution in [0.25, 0.3) is 0 Å². The first-order chi connectivity index (χ1) is 17.4. The summed E-state index contributed by atoms with van der Waals surface area (Å²) in [6.07, 6.45) is 4.63. The number of benzene rings is 2. The van der Waals surface area contributed by atoms with Crippen LogP contribution in [0.1, 0.15) is 27.7 Å². The molecular formula is C26H23F2N3O5. The molecule has 1 aromatic heterocycles. The number of carbonyl (C=O) groups is 1. The van der Waals surface area contributed by atoms with Crippen LogP contribution in [0, 0.1) is 11.6 Å². The first-order valence-electron chi connectivity index (χ1n) is 11.3. The predicted molar refractivity (Wildman–Crippen MR) is 127 cm³/mol. The molecule has 5 rings (SSSR count). The summed E-state index contributed by atoms with van der Waals surface area (Å²) in [6, 6.07) is 11.2. The highest BCUT2D eigenvalue weighted by atomic mass is 19.2. The molecule has 0 aliphatic carbocycles. The Kier molecular flexibility index (Phi) is 6.19. The summed E-state index contributed by atoms with van der Waals surface area (Å²) in [6.45, 7) is -0.00245. The van der Waals surface area contributed by atoms with Crippen LogP contribution >= 0.6 is 0 Å². The average Bonchev–Trinajstić information content (AvgIpc) is 2.90. The molecule has 3 aromatic rings. The van der Waals surface area contributed by atoms with E-state index in [2.05, 4.69) is 0 Å². The second kappa shape index (κ2) is 9.46. The van der Waals surface area contributed by atoms with E-state index >= 15 is 4.39 Å². The highest BCUT2D eigenvalue weighted by Crippen LogP contribution is 2.39. The Bertz CT molecular complexity index is 1390. The lowest BCUT2D eigenvalue weighted by Crippen LogP contribution is -2.58. The quantitative estimate of drug-likeness (QED) is 0.563. The number of ether oxygens (including phenoxy) is 2. The lowest BCUT2D eigenvalue weighted by Gasteiger charge is -2.45. The second-order valence-electron chi connectivity index (χ2n) is 8.43. The largest absolute Gasteiger partial charge is 0.502 e. The number of pyridine rings is 1. The van der Waals surface area contributed by atoms with Crippen LogP contribution in [0.15, 0.2) is 71.7 Å². The van der Waals surface area contributed by atoms with Crippen molar-refractivity contribution < 1.29 is 28.2 Å². The third-order valence-electron chi connectivity index (χ3n) is 6.30. The highest BCUT2D eigenvalue weighted by Gasteiger charge is 2.40. The molecule has 0 saturated carbocycles. The molecule has 1 amide bonds. The number of aromatic nitrogens is 1. The molecule has 2 aliphatic rings. The molecule has 36 heavy (non-hydrogen) atoms. The molecule has 10 heteroatoms. The van der Waals surface area contributed by atoms with Crippen LogP contribution in [0.3, 0.4) is 0 Å². The molecular weight excluding hydrogens is 472 g/mol. The number of hydrogen-bond donors (Lipinski definition) is 1. The van der Waals surface area contributed by atoms with E-state index in [1.165, 1.54) is 28.9 Å². The Labute approximate surface area is 205 Å². The summed E-state index contributed by atoms with van der Waals surface area (Å²) in [5.74, 6) is -3.75. The summed E-state index contributed by atoms with van der Waals surface area (Å²) in [5, 5.41) is 12.4. The maximum Gasteiger partial charge on any atom is 0.278 e. The normalized spacial score (nSPS) is 20.1. The van der Waals surface area contributed by atoms with Crippen molar-refractivity contribution in [3.63, 3.8) is 0 Å². The number of rotatable bonds is 3. The molecule has 0 radical (unpaired) electrons. The van der Waals surface area contributed by atoms with Crippen molar-refractivity contribution in [3.8, 4) is 11.5 Å². The smallest absolute Gasteiger partial charge is 0.278 e. The summed E-state index contributed by atoms with van der Waals surface area (Å²) < 4.78 is 41.8. The Morgan fingerprint density at radius 3 is 2.64 bits per heavy atom. The van der Waals surface area contributed by atoms with Gasteiger partial charge in [-0.25, -0.2) is 4.39 Å². The maximum atomic E-state index is 15.1. The number of amides is 1. The van der Waals surface area contributed by atoms with Gasteiger partial charge in [0.05, 0.1) is 12.6 Å². The van der Waals surface area contributed by atoms with E-state index in [4.69, 9.17) is 9.47 Å². The van der Waals surface area contributed by atoms with Crippen LogP contribution in [0.2, 0.25) is 0 Å². The fraction of sp³-hybridized carbons (Fsp3) is 0.231. The number of aromatic hydroxyl groups is 1. The van der Waals surface area contributed by atoms with Gasteiger partial charge in [0, 0.05) is 24.9 Å². The number of nitrogens with zero attached hydrogens (tertiary/aromatic N) is 3. The van der Waals surface area contributed by atoms with Gasteiger partial charge in [-0.05, 0) is 23.8 Å². The Hall–Kier alpha value is -4.18. The van der Waals surface area contributed by atoms with Gasteiger partial charge >= 0.3 is 0 Å². The van der Waals surface area contributed by atoms with Gasteiger partial charge in [0.15, 0.2) is 23.0 Å². The first kappa shape index (κ1) is 23.6. The molecule has 0 fully saturated rings. The monoisotopic (exact) mass is 495 g/mol. The lowest BCUT2D eigenvalue weighted by atomic mass is 9.96. The maximum absolute atomic E-state index is 15.1. The third-order valence-corrected chi connectivity index (χ3v) is 6.30. The number of carbonyl (C=O) groups excluding carboxylic acids is 1. The number of halogens is 2. The van der Waals surface area contributed by atoms with Gasteiger partial charge in [0.2, 0.25) is 11.2 Å². The molecule has 1 N–H and O–H groups in total. The van der Waals surface area contributed by atoms with Gasteiger partial charge in [0.25, 0.3) is 5.91 Å². The van der Waals surface area contributed by atoms with Crippen molar-refractivity contribution in [1.29, 1.82) is 0 Å². The van der Waals surface area contributed by atoms with Crippen LogP contribution in [-0.2, 0) is 4.74 Å². The predicted octanol–water partition coefficient (Wildman–Crippen LogP) is 2.94. The van der Waals surface area contributed by atoms with E-state index in [1.807, 2.05) is 18.2 Å². The fourth-order valence-electron chi connectivity index (χ4n) is 4.64. The molecule has 2 bridgehead atoms. The van der Waals surface area contributed by atoms with Crippen LogP contribution in [-0.4, -0.2) is 53.6 Å². The minimum Gasteiger partial charge on any atom is -0.502 e. The van der Waals surface area contributed by atoms with E-state index in [9.17, 15) is 19.1 Å². The van der Waals surface area contributed by atoms with E-state index in [0.717, 1.165) is 12.1 Å². The van der Waals surface area contributed by atoms with Crippen molar-refractivity contribution >= 4 is 5.91 Å². The van der Waals surface area contributed by atoms with E-state index in [1.54, 1.807) is 29.3 Å². The zero-order valence-electron chi connectivity index (χ0n) is 19.3. The summed E-state index contributed by atoms with van der Waals surface area (Å²) in [4.78, 5) is 27.3. The Balaban J connectivity index is 1.83. The molecule has 0 unspecified atom stereocenters. The number of methoxy groups -OCH3 is 1. The molecule has 3 heterocycles. The topological polar surface area (TPSA) is 84.2 Å². The van der Waals surface area contributed by atoms with Gasteiger partial charge in [-0.1, -0.05) is 36.4 Å². The van der Waals surface area contributed by atoms with Crippen LogP contribution in [0.5, 0.6) is 11.5 Å². The summed E-state index contributed by atoms with van der Waals surface area (Å²) >= 11 is 0. The minimum atomic E-state index is -1.14. The highest BCUT2D eigenvalue weighted by molar-refractivity contribution is 5.96. The SMILES string of the molecule is COC[C@H]1/C=C\COc2c(ccc(F)c2F)[C@H](c2ccccc2)N2CN1C(=O)c1c(O)c(=O)ccn12. The lowest BCUT2D eigenvalue weighted by molar-refractivity contribution is 0.0518. The molecule has 8 nitrogen and oxygen atoms in total. The van der Waals surface area contributed by atoms with Crippen molar-refractivity contribution in [2.45, 2.75) is 12.1 Å². The average molecular weight is 495 g/mol. The van der Waals surface area contributed by atoms with Crippen molar-refractivity contribution in [2.75, 3.05) is 32.0 Å². The minimum absolute atomic E-state index is 0.0233. The molecule has 186 valence electrons. The van der Waals surface area contributed by atoms with Crippen molar-refractivity contribution in [1.82, 2.24) is 9.58 Å². The van der Waals surface area contributed by atoms with Crippen LogP contribution < -0.4 is 15.2 Å². The van der Waals surface area contributed by atoms with Crippen molar-refractivity contribution in [3.05, 3.63) is 106 Å². The summed E-state index contributed by atoms with van der Waals surface area (Å²) in [7, 11) is 1.48. The summed E-state index contributed by atoms with van der Waals surface area (Å²) in [5.41, 5.74) is 0.0283. The van der Waals surface area contributed by atoms with Gasteiger partial charge in [-0.15, -0.1) is 0 Å².